The van der Waals surface area contributed by atoms with Crippen LogP contribution in [0.15, 0.2) is 24.3 Å². The van der Waals surface area contributed by atoms with Crippen molar-refractivity contribution in [1.29, 1.82) is 0 Å². The van der Waals surface area contributed by atoms with Crippen molar-refractivity contribution in [2.24, 2.45) is 0 Å². The Morgan fingerprint density at radius 1 is 0.500 bits per heavy atom. The second kappa shape index (κ2) is 12.0. The lowest BCUT2D eigenvalue weighted by Gasteiger charge is -2.20. The van der Waals surface area contributed by atoms with Gasteiger partial charge in [0, 0.05) is 11.1 Å². The Balaban J connectivity index is 2.59. The molecule has 1 heterocycles. The van der Waals surface area contributed by atoms with Crippen molar-refractivity contribution >= 4 is 11.9 Å². The van der Waals surface area contributed by atoms with Crippen LogP contribution in [-0.2, 0) is 9.47 Å². The Morgan fingerprint density at radius 2 is 0.789 bits per heavy atom. The van der Waals surface area contributed by atoms with Crippen LogP contribution in [0.2, 0.25) is 0 Å². The minimum Gasteiger partial charge on any atom is -0.493 e. The fourth-order valence-electron chi connectivity index (χ4n) is 3.93. The van der Waals surface area contributed by atoms with Crippen LogP contribution < -0.4 is 28.4 Å². The average molecular weight is 529 g/mol. The molecule has 0 N–H and O–H groups in total. The van der Waals surface area contributed by atoms with Crippen LogP contribution in [0.1, 0.15) is 21.0 Å². The number of nitrogens with zero attached hydrogens (tertiary/aromatic N) is 2. The zero-order chi connectivity index (χ0) is 28.0. The van der Waals surface area contributed by atoms with Crippen molar-refractivity contribution in [2.75, 3.05) is 56.9 Å². The molecule has 12 nitrogen and oxygen atoms in total. The Hall–Kier alpha value is -4.74. The molecule has 202 valence electrons. The summed E-state index contributed by atoms with van der Waals surface area (Å²) < 4.78 is 42.9. The first-order valence-electron chi connectivity index (χ1n) is 11.0. The zero-order valence-electron chi connectivity index (χ0n) is 22.3. The highest BCUT2D eigenvalue weighted by atomic mass is 16.5. The van der Waals surface area contributed by atoms with E-state index in [1.54, 1.807) is 24.3 Å². The molecular formula is C26H28N2O10. The predicted molar refractivity (Wildman–Crippen MR) is 135 cm³/mol. The molecule has 0 spiro atoms. The molecule has 0 unspecified atom stereocenters. The number of carbonyl (C=O) groups is 2. The number of ether oxygens (including phenoxy) is 8. The maximum absolute atomic E-state index is 12.9. The summed E-state index contributed by atoms with van der Waals surface area (Å²) >= 11 is 0. The molecule has 0 fully saturated rings. The van der Waals surface area contributed by atoms with Gasteiger partial charge in [-0.2, -0.15) is 0 Å². The van der Waals surface area contributed by atoms with Crippen LogP contribution in [0, 0.1) is 0 Å². The van der Waals surface area contributed by atoms with E-state index in [0.717, 1.165) is 0 Å². The number of aromatic nitrogens is 2. The molecule has 0 saturated carbocycles. The number of rotatable bonds is 10. The molecule has 0 radical (unpaired) electrons. The normalized spacial score (nSPS) is 10.3. The molecule has 2 aromatic carbocycles. The Kier molecular flexibility index (Phi) is 8.79. The summed E-state index contributed by atoms with van der Waals surface area (Å²) in [5.74, 6) is 0.230. The third kappa shape index (κ3) is 4.92. The minimum absolute atomic E-state index is 0.181. The van der Waals surface area contributed by atoms with Crippen molar-refractivity contribution in [3.8, 4) is 56.8 Å². The first-order chi connectivity index (χ1) is 18.3. The van der Waals surface area contributed by atoms with E-state index in [4.69, 9.17) is 37.9 Å². The second-order valence-corrected chi connectivity index (χ2v) is 7.46. The van der Waals surface area contributed by atoms with Gasteiger partial charge in [0.05, 0.1) is 56.9 Å². The maximum atomic E-state index is 12.9. The van der Waals surface area contributed by atoms with Gasteiger partial charge in [0.1, 0.15) is 0 Å². The monoisotopic (exact) mass is 528 g/mol. The fourth-order valence-corrected chi connectivity index (χ4v) is 3.93. The third-order valence-corrected chi connectivity index (χ3v) is 5.64. The van der Waals surface area contributed by atoms with E-state index in [2.05, 4.69) is 10.2 Å². The quantitative estimate of drug-likeness (QED) is 0.357. The summed E-state index contributed by atoms with van der Waals surface area (Å²) in [6, 6.07) is 6.42. The van der Waals surface area contributed by atoms with E-state index < -0.39 is 11.9 Å². The number of benzene rings is 2. The largest absolute Gasteiger partial charge is 0.493 e. The number of carbonyl (C=O) groups excluding carboxylic acids is 2. The Bertz CT molecular complexity index is 1200. The van der Waals surface area contributed by atoms with Crippen LogP contribution >= 0.6 is 0 Å². The van der Waals surface area contributed by atoms with E-state index in [9.17, 15) is 9.59 Å². The summed E-state index contributed by atoms with van der Waals surface area (Å²) in [6.45, 7) is 0. The average Bonchev–Trinajstić information content (AvgIpc) is 2.97. The van der Waals surface area contributed by atoms with E-state index in [1.807, 2.05) is 0 Å². The van der Waals surface area contributed by atoms with E-state index in [1.165, 1.54) is 56.9 Å². The predicted octanol–water partition coefficient (Wildman–Crippen LogP) is 3.44. The molecule has 0 aliphatic heterocycles. The van der Waals surface area contributed by atoms with Gasteiger partial charge in [-0.3, -0.25) is 0 Å². The lowest BCUT2D eigenvalue weighted by molar-refractivity contribution is 0.0575. The van der Waals surface area contributed by atoms with Crippen LogP contribution in [0.4, 0.5) is 0 Å². The third-order valence-electron chi connectivity index (χ3n) is 5.64. The molecule has 1 aromatic heterocycles. The highest BCUT2D eigenvalue weighted by molar-refractivity contribution is 6.06. The maximum Gasteiger partial charge on any atom is 0.359 e. The molecule has 0 aliphatic rings. The Morgan fingerprint density at radius 3 is 1.00 bits per heavy atom. The first-order valence-corrected chi connectivity index (χ1v) is 11.0. The molecule has 0 amide bonds. The molecule has 3 rings (SSSR count). The fraction of sp³-hybridized carbons (Fsp3) is 0.308. The Labute approximate surface area is 219 Å². The standard InChI is InChI=1S/C26H28N2O10/c1-31-15-9-13(10-16(32-2)23(15)35-5)19-20(14-11-17(33-3)24(36-6)18(12-14)34-4)22(26(30)38-8)28-27-21(19)25(29)37-7/h9-12H,1-8H3. The van der Waals surface area contributed by atoms with Gasteiger partial charge in [-0.15, -0.1) is 10.2 Å². The summed E-state index contributed by atoms with van der Waals surface area (Å²) in [5.41, 5.74) is 0.755. The highest BCUT2D eigenvalue weighted by Crippen LogP contribution is 2.47. The van der Waals surface area contributed by atoms with E-state index in [0.29, 0.717) is 45.6 Å². The van der Waals surface area contributed by atoms with Crippen molar-refractivity contribution in [3.63, 3.8) is 0 Å². The van der Waals surface area contributed by atoms with E-state index >= 15 is 0 Å². The number of hydrogen-bond acceptors (Lipinski definition) is 12. The topological polar surface area (TPSA) is 134 Å². The van der Waals surface area contributed by atoms with Crippen molar-refractivity contribution in [2.45, 2.75) is 0 Å². The van der Waals surface area contributed by atoms with Gasteiger partial charge >= 0.3 is 11.9 Å². The lowest BCUT2D eigenvalue weighted by atomic mass is 9.91. The van der Waals surface area contributed by atoms with Gasteiger partial charge in [-0.25, -0.2) is 9.59 Å². The first kappa shape index (κ1) is 27.8. The number of esters is 2. The SMILES string of the molecule is COC(=O)c1nnc(C(=O)OC)c(-c2cc(OC)c(OC)c(OC)c2)c1-c1cc(OC)c(OC)c(OC)c1. The van der Waals surface area contributed by atoms with Gasteiger partial charge < -0.3 is 37.9 Å². The molecule has 3 aromatic rings. The summed E-state index contributed by atoms with van der Waals surface area (Å²) in [5, 5.41) is 8.06. The minimum atomic E-state index is -0.800. The lowest BCUT2D eigenvalue weighted by Crippen LogP contribution is -2.16. The van der Waals surface area contributed by atoms with E-state index in [-0.39, 0.29) is 22.5 Å². The number of hydrogen-bond donors (Lipinski definition) is 0. The molecular weight excluding hydrogens is 500 g/mol. The van der Waals surface area contributed by atoms with Gasteiger partial charge in [0.25, 0.3) is 0 Å². The molecule has 0 bridgehead atoms. The molecule has 12 heteroatoms. The van der Waals surface area contributed by atoms with Crippen LogP contribution in [0.25, 0.3) is 22.3 Å². The molecule has 0 saturated heterocycles. The highest BCUT2D eigenvalue weighted by Gasteiger charge is 2.30. The second-order valence-electron chi connectivity index (χ2n) is 7.46. The molecule has 0 atom stereocenters. The number of methoxy groups -OCH3 is 8. The van der Waals surface area contributed by atoms with Gasteiger partial charge in [0.2, 0.25) is 11.5 Å². The summed E-state index contributed by atoms with van der Waals surface area (Å²) in [4.78, 5) is 25.8. The van der Waals surface area contributed by atoms with Crippen LogP contribution in [0.5, 0.6) is 34.5 Å². The van der Waals surface area contributed by atoms with Gasteiger partial charge in [-0.1, -0.05) is 0 Å². The smallest absolute Gasteiger partial charge is 0.359 e. The van der Waals surface area contributed by atoms with Crippen molar-refractivity contribution in [3.05, 3.63) is 35.7 Å². The summed E-state index contributed by atoms with van der Waals surface area (Å²) in [7, 11) is 11.1. The van der Waals surface area contributed by atoms with Crippen molar-refractivity contribution in [1.82, 2.24) is 10.2 Å². The van der Waals surface area contributed by atoms with Crippen molar-refractivity contribution < 1.29 is 47.5 Å². The van der Waals surface area contributed by atoms with Gasteiger partial charge in [0.15, 0.2) is 34.4 Å². The van der Waals surface area contributed by atoms with Gasteiger partial charge in [-0.05, 0) is 35.4 Å². The van der Waals surface area contributed by atoms with Crippen LogP contribution in [-0.4, -0.2) is 79.0 Å². The zero-order valence-corrected chi connectivity index (χ0v) is 22.3. The van der Waals surface area contributed by atoms with Crippen LogP contribution in [0.3, 0.4) is 0 Å². The summed E-state index contributed by atoms with van der Waals surface area (Å²) in [6.07, 6.45) is 0. The molecule has 0 aliphatic carbocycles. The molecule has 38 heavy (non-hydrogen) atoms.